The second-order valence-corrected chi connectivity index (χ2v) is 4.95. The Morgan fingerprint density at radius 1 is 1.23 bits per heavy atom. The van der Waals surface area contributed by atoms with Crippen LogP contribution in [-0.2, 0) is 0 Å². The van der Waals surface area contributed by atoms with Crippen molar-refractivity contribution >= 4 is 0 Å². The number of aliphatic hydroxyl groups excluding tert-OH is 1. The molecular weight excluding hydrogens is 162 g/mol. The minimum absolute atomic E-state index is 0.317. The minimum Gasteiger partial charge on any atom is -0.396 e. The lowest BCUT2D eigenvalue weighted by Gasteiger charge is -2.35. The van der Waals surface area contributed by atoms with E-state index in [-0.39, 0.29) is 0 Å². The predicted octanol–water partition coefficient (Wildman–Crippen LogP) is 2.13. The van der Waals surface area contributed by atoms with Crippen LogP contribution in [0.5, 0.6) is 0 Å². The molecule has 2 heteroatoms. The van der Waals surface area contributed by atoms with Crippen LogP contribution < -0.4 is 0 Å². The summed E-state index contributed by atoms with van der Waals surface area (Å²) in [5.74, 6) is 0. The standard InChI is InChI=1S/C11H25NO/c1-10(11(2,3)4)12(5)8-6-7-9-13/h10,13H,6-9H2,1-5H3. The third-order valence-electron chi connectivity index (χ3n) is 2.83. The van der Waals surface area contributed by atoms with E-state index in [1.165, 1.54) is 0 Å². The molecule has 0 spiro atoms. The van der Waals surface area contributed by atoms with Gasteiger partial charge in [0.25, 0.3) is 0 Å². The topological polar surface area (TPSA) is 23.5 Å². The van der Waals surface area contributed by atoms with E-state index in [0.717, 1.165) is 19.4 Å². The van der Waals surface area contributed by atoms with Gasteiger partial charge in [0.15, 0.2) is 0 Å². The molecule has 0 aliphatic carbocycles. The van der Waals surface area contributed by atoms with Gasteiger partial charge < -0.3 is 10.0 Å². The summed E-state index contributed by atoms with van der Waals surface area (Å²) in [4.78, 5) is 2.37. The summed E-state index contributed by atoms with van der Waals surface area (Å²) in [7, 11) is 2.16. The van der Waals surface area contributed by atoms with Gasteiger partial charge in [-0.3, -0.25) is 0 Å². The fourth-order valence-corrected chi connectivity index (χ4v) is 1.33. The van der Waals surface area contributed by atoms with Crippen molar-refractivity contribution in [2.45, 2.75) is 46.6 Å². The summed E-state index contributed by atoms with van der Waals surface area (Å²) in [5, 5.41) is 8.66. The lowest BCUT2D eigenvalue weighted by atomic mass is 9.87. The first-order valence-electron chi connectivity index (χ1n) is 5.20. The third-order valence-corrected chi connectivity index (χ3v) is 2.83. The van der Waals surface area contributed by atoms with Crippen LogP contribution in [0.25, 0.3) is 0 Å². The number of hydrogen-bond donors (Lipinski definition) is 1. The van der Waals surface area contributed by atoms with E-state index in [1.54, 1.807) is 0 Å². The van der Waals surface area contributed by atoms with Gasteiger partial charge in [0.1, 0.15) is 0 Å². The molecule has 0 aromatic rings. The molecule has 0 fully saturated rings. The molecule has 0 aliphatic heterocycles. The molecule has 0 saturated heterocycles. The van der Waals surface area contributed by atoms with Crippen LogP contribution in [0, 0.1) is 5.41 Å². The number of unbranched alkanes of at least 4 members (excludes halogenated alkanes) is 1. The molecular formula is C11H25NO. The zero-order valence-corrected chi connectivity index (χ0v) is 9.80. The van der Waals surface area contributed by atoms with Gasteiger partial charge in [-0.25, -0.2) is 0 Å². The molecule has 0 amide bonds. The molecule has 2 nitrogen and oxygen atoms in total. The van der Waals surface area contributed by atoms with Crippen molar-refractivity contribution in [2.75, 3.05) is 20.2 Å². The van der Waals surface area contributed by atoms with Crippen molar-refractivity contribution in [1.82, 2.24) is 4.90 Å². The molecule has 0 radical (unpaired) electrons. The van der Waals surface area contributed by atoms with Gasteiger partial charge in [-0.2, -0.15) is 0 Å². The van der Waals surface area contributed by atoms with Crippen molar-refractivity contribution in [3.05, 3.63) is 0 Å². The summed E-state index contributed by atoms with van der Waals surface area (Å²) in [6, 6.07) is 0.589. The largest absolute Gasteiger partial charge is 0.396 e. The van der Waals surface area contributed by atoms with Gasteiger partial charge in [-0.15, -0.1) is 0 Å². The van der Waals surface area contributed by atoms with E-state index in [4.69, 9.17) is 5.11 Å². The van der Waals surface area contributed by atoms with Crippen molar-refractivity contribution < 1.29 is 5.11 Å². The van der Waals surface area contributed by atoms with Gasteiger partial charge in [0.05, 0.1) is 0 Å². The third kappa shape index (κ3) is 5.27. The highest BCUT2D eigenvalue weighted by molar-refractivity contribution is 4.77. The fourth-order valence-electron chi connectivity index (χ4n) is 1.33. The molecule has 0 rings (SSSR count). The number of aliphatic hydroxyl groups is 1. The molecule has 13 heavy (non-hydrogen) atoms. The highest BCUT2D eigenvalue weighted by atomic mass is 16.2. The van der Waals surface area contributed by atoms with Crippen LogP contribution >= 0.6 is 0 Å². The summed E-state index contributed by atoms with van der Waals surface area (Å²) < 4.78 is 0. The maximum absolute atomic E-state index is 8.66. The van der Waals surface area contributed by atoms with Gasteiger partial charge in [0.2, 0.25) is 0 Å². The highest BCUT2D eigenvalue weighted by Gasteiger charge is 2.22. The van der Waals surface area contributed by atoms with E-state index >= 15 is 0 Å². The molecule has 0 aromatic heterocycles. The van der Waals surface area contributed by atoms with Crippen LogP contribution in [0.3, 0.4) is 0 Å². The second kappa shape index (κ2) is 5.61. The molecule has 0 aliphatic rings. The van der Waals surface area contributed by atoms with Crippen molar-refractivity contribution in [2.24, 2.45) is 5.41 Å². The van der Waals surface area contributed by atoms with Crippen LogP contribution in [0.15, 0.2) is 0 Å². The number of rotatable bonds is 5. The lowest BCUT2D eigenvalue weighted by molar-refractivity contribution is 0.136. The first kappa shape index (κ1) is 12.9. The molecule has 0 heterocycles. The predicted molar refractivity (Wildman–Crippen MR) is 57.9 cm³/mol. The van der Waals surface area contributed by atoms with Gasteiger partial charge in [-0.1, -0.05) is 20.8 Å². The number of hydrogen-bond acceptors (Lipinski definition) is 2. The Labute approximate surface area is 82.9 Å². The molecule has 80 valence electrons. The van der Waals surface area contributed by atoms with Crippen molar-refractivity contribution in [3.8, 4) is 0 Å². The highest BCUT2D eigenvalue weighted by Crippen LogP contribution is 2.22. The van der Waals surface area contributed by atoms with E-state index in [0.29, 0.717) is 18.1 Å². The molecule has 0 saturated carbocycles. The second-order valence-electron chi connectivity index (χ2n) is 4.95. The zero-order chi connectivity index (χ0) is 10.5. The summed E-state index contributed by atoms with van der Waals surface area (Å²) in [6.45, 7) is 10.5. The van der Waals surface area contributed by atoms with Gasteiger partial charge >= 0.3 is 0 Å². The van der Waals surface area contributed by atoms with E-state index in [1.807, 2.05) is 0 Å². The molecule has 0 aromatic carbocycles. The Balaban J connectivity index is 3.76. The molecule has 0 bridgehead atoms. The summed E-state index contributed by atoms with van der Waals surface area (Å²) >= 11 is 0. The maximum Gasteiger partial charge on any atom is 0.0431 e. The van der Waals surface area contributed by atoms with Crippen molar-refractivity contribution in [1.29, 1.82) is 0 Å². The van der Waals surface area contributed by atoms with E-state index < -0.39 is 0 Å². The quantitative estimate of drug-likeness (QED) is 0.666. The Morgan fingerprint density at radius 3 is 2.15 bits per heavy atom. The summed E-state index contributed by atoms with van der Waals surface area (Å²) in [5.41, 5.74) is 0.341. The molecule has 1 unspecified atom stereocenters. The Bertz CT molecular complexity index is 129. The molecule has 1 N–H and O–H groups in total. The Hall–Kier alpha value is -0.0800. The average Bonchev–Trinajstić information content (AvgIpc) is 2.01. The van der Waals surface area contributed by atoms with E-state index in [2.05, 4.69) is 39.6 Å². The van der Waals surface area contributed by atoms with Crippen LogP contribution in [-0.4, -0.2) is 36.2 Å². The minimum atomic E-state index is 0.317. The van der Waals surface area contributed by atoms with Crippen molar-refractivity contribution in [3.63, 3.8) is 0 Å². The number of nitrogens with zero attached hydrogens (tertiary/aromatic N) is 1. The fraction of sp³-hybridized carbons (Fsp3) is 1.00. The van der Waals surface area contributed by atoms with Crippen LogP contribution in [0.1, 0.15) is 40.5 Å². The first-order valence-corrected chi connectivity index (χ1v) is 5.20. The van der Waals surface area contributed by atoms with Gasteiger partial charge in [-0.05, 0) is 38.8 Å². The Morgan fingerprint density at radius 2 is 1.77 bits per heavy atom. The molecule has 1 atom stereocenters. The average molecular weight is 187 g/mol. The van der Waals surface area contributed by atoms with Gasteiger partial charge in [0, 0.05) is 12.6 Å². The zero-order valence-electron chi connectivity index (χ0n) is 9.80. The maximum atomic E-state index is 8.66. The normalized spacial score (nSPS) is 15.0. The summed E-state index contributed by atoms with van der Waals surface area (Å²) in [6.07, 6.45) is 2.01. The van der Waals surface area contributed by atoms with E-state index in [9.17, 15) is 0 Å². The first-order chi connectivity index (χ1) is 5.89. The SMILES string of the molecule is CC(N(C)CCCCO)C(C)(C)C. The Kier molecular flexibility index (Phi) is 5.57. The van der Waals surface area contributed by atoms with Crippen LogP contribution in [0.4, 0.5) is 0 Å². The monoisotopic (exact) mass is 187 g/mol. The smallest absolute Gasteiger partial charge is 0.0431 e. The lowest BCUT2D eigenvalue weighted by Crippen LogP contribution is -2.39. The van der Waals surface area contributed by atoms with Crippen LogP contribution in [0.2, 0.25) is 0 Å².